The number of hydrogen-bond donors (Lipinski definition) is 1. The monoisotopic (exact) mass is 517 g/mol. The van der Waals surface area contributed by atoms with Crippen LogP contribution in [0.25, 0.3) is 0 Å². The number of carboxylic acid groups (broad SMARTS) is 1. The molecule has 35 heavy (non-hydrogen) atoms. The summed E-state index contributed by atoms with van der Waals surface area (Å²) < 4.78 is 0. The lowest BCUT2D eigenvalue weighted by Crippen LogP contribution is -2.58. The van der Waals surface area contributed by atoms with Crippen LogP contribution < -0.4 is 0 Å². The second-order valence-corrected chi connectivity index (χ2v) is 11.1. The van der Waals surface area contributed by atoms with Gasteiger partial charge in [0.05, 0.1) is 23.9 Å². The van der Waals surface area contributed by atoms with Crippen molar-refractivity contribution < 1.29 is 19.5 Å². The molecule has 4 unspecified atom stereocenters. The van der Waals surface area contributed by atoms with E-state index >= 15 is 0 Å². The first kappa shape index (κ1) is 27.2. The number of ketones is 1. The van der Waals surface area contributed by atoms with Gasteiger partial charge >= 0.3 is 5.97 Å². The number of amides is 1. The molecule has 1 heterocycles. The molecule has 5 nitrogen and oxygen atoms in total. The second kappa shape index (κ2) is 11.1. The van der Waals surface area contributed by atoms with Crippen LogP contribution in [0.15, 0.2) is 48.5 Å². The van der Waals surface area contributed by atoms with Gasteiger partial charge in [-0.2, -0.15) is 0 Å². The number of halogens is 2. The van der Waals surface area contributed by atoms with E-state index in [-0.39, 0.29) is 29.9 Å². The summed E-state index contributed by atoms with van der Waals surface area (Å²) in [6, 6.07) is 13.6. The normalized spacial score (nSPS) is 23.4. The number of carbonyl (C=O) groups excluding carboxylic acids is 2. The van der Waals surface area contributed by atoms with Crippen molar-refractivity contribution in [1.82, 2.24) is 4.90 Å². The first-order valence-corrected chi connectivity index (χ1v) is 12.8. The van der Waals surface area contributed by atoms with Gasteiger partial charge in [-0.3, -0.25) is 14.4 Å². The number of carbonyl (C=O) groups is 3. The number of carboxylic acids is 1. The minimum absolute atomic E-state index is 0.0146. The van der Waals surface area contributed by atoms with Gasteiger partial charge in [0.25, 0.3) is 0 Å². The smallest absolute Gasteiger partial charge is 0.304 e. The van der Waals surface area contributed by atoms with Crippen molar-refractivity contribution in [2.75, 3.05) is 0 Å². The van der Waals surface area contributed by atoms with Crippen molar-refractivity contribution in [3.05, 3.63) is 69.7 Å². The molecule has 1 aliphatic heterocycles. The molecule has 0 spiro atoms. The standard InChI is InChI=1S/C28H33Cl2NO4/c1-5-23(24(32)13-17(2)3)31-26(18-9-11-20(29)12-10-18)22(19-7-6-8-21(30)14-19)15-28(4,27(31)35)16-25(33)34/h6-12,14,17,22-23,26H,5,13,15-16H2,1-4H3,(H,33,34). The van der Waals surface area contributed by atoms with Gasteiger partial charge in [0.2, 0.25) is 5.91 Å². The molecular formula is C28H33Cl2NO4. The fourth-order valence-electron chi connectivity index (χ4n) is 5.34. The maximum Gasteiger partial charge on any atom is 0.304 e. The fourth-order valence-corrected chi connectivity index (χ4v) is 5.67. The predicted octanol–water partition coefficient (Wildman–Crippen LogP) is 6.93. The average Bonchev–Trinajstić information content (AvgIpc) is 2.77. The van der Waals surface area contributed by atoms with Crippen LogP contribution in [-0.2, 0) is 14.4 Å². The predicted molar refractivity (Wildman–Crippen MR) is 139 cm³/mol. The Morgan fingerprint density at radius 2 is 1.74 bits per heavy atom. The Kier molecular flexibility index (Phi) is 8.66. The highest BCUT2D eigenvalue weighted by molar-refractivity contribution is 6.30. The Morgan fingerprint density at radius 1 is 1.09 bits per heavy atom. The van der Waals surface area contributed by atoms with E-state index in [1.807, 2.05) is 51.1 Å². The summed E-state index contributed by atoms with van der Waals surface area (Å²) in [5.41, 5.74) is 0.575. The van der Waals surface area contributed by atoms with E-state index in [1.165, 1.54) is 0 Å². The Hall–Kier alpha value is -2.37. The zero-order chi connectivity index (χ0) is 25.9. The number of hydrogen-bond acceptors (Lipinski definition) is 3. The highest BCUT2D eigenvalue weighted by Gasteiger charge is 2.53. The van der Waals surface area contributed by atoms with E-state index in [4.69, 9.17) is 23.2 Å². The van der Waals surface area contributed by atoms with Crippen molar-refractivity contribution in [2.45, 2.75) is 71.4 Å². The number of likely N-dealkylation sites (tertiary alicyclic amines) is 1. The fraction of sp³-hybridized carbons (Fsp3) is 0.464. The molecule has 188 valence electrons. The summed E-state index contributed by atoms with van der Waals surface area (Å²) in [4.78, 5) is 41.1. The van der Waals surface area contributed by atoms with Gasteiger partial charge in [-0.25, -0.2) is 0 Å². The van der Waals surface area contributed by atoms with Crippen molar-refractivity contribution >= 4 is 40.9 Å². The molecule has 0 bridgehead atoms. The summed E-state index contributed by atoms with van der Waals surface area (Å²) in [6.45, 7) is 7.55. The largest absolute Gasteiger partial charge is 0.481 e. The van der Waals surface area contributed by atoms with E-state index in [1.54, 1.807) is 30.0 Å². The first-order valence-electron chi connectivity index (χ1n) is 12.0. The van der Waals surface area contributed by atoms with E-state index in [0.29, 0.717) is 29.3 Å². The zero-order valence-corrected chi connectivity index (χ0v) is 22.1. The molecule has 0 saturated carbocycles. The van der Waals surface area contributed by atoms with Crippen LogP contribution in [0.1, 0.15) is 76.5 Å². The molecule has 1 N–H and O–H groups in total. The number of aliphatic carboxylic acids is 1. The molecule has 1 aliphatic rings. The van der Waals surface area contributed by atoms with Crippen LogP contribution in [0.3, 0.4) is 0 Å². The van der Waals surface area contributed by atoms with Crippen molar-refractivity contribution in [3.8, 4) is 0 Å². The number of benzene rings is 2. The molecule has 1 amide bonds. The SMILES string of the molecule is CCC(C(=O)CC(C)C)N1C(=O)C(C)(CC(=O)O)CC(c2cccc(Cl)c2)C1c1ccc(Cl)cc1. The van der Waals surface area contributed by atoms with Gasteiger partial charge in [-0.05, 0) is 54.2 Å². The Bertz CT molecular complexity index is 1080. The molecule has 2 aromatic rings. The molecule has 0 radical (unpaired) electrons. The van der Waals surface area contributed by atoms with Gasteiger partial charge in [0, 0.05) is 22.4 Å². The minimum atomic E-state index is -1.17. The third kappa shape index (κ3) is 6.07. The van der Waals surface area contributed by atoms with Crippen molar-refractivity contribution in [3.63, 3.8) is 0 Å². The summed E-state index contributed by atoms with van der Waals surface area (Å²) in [5.74, 6) is -1.49. The molecule has 3 rings (SSSR count). The molecule has 4 atom stereocenters. The Labute approximate surface area is 217 Å². The minimum Gasteiger partial charge on any atom is -0.481 e. The third-order valence-electron chi connectivity index (χ3n) is 6.84. The summed E-state index contributed by atoms with van der Waals surface area (Å²) in [7, 11) is 0. The van der Waals surface area contributed by atoms with Crippen molar-refractivity contribution in [2.24, 2.45) is 11.3 Å². The van der Waals surface area contributed by atoms with Gasteiger partial charge in [0.1, 0.15) is 0 Å². The van der Waals surface area contributed by atoms with E-state index in [0.717, 1.165) is 11.1 Å². The molecule has 0 aliphatic carbocycles. The molecule has 1 saturated heterocycles. The second-order valence-electron chi connectivity index (χ2n) is 10.2. The first-order chi connectivity index (χ1) is 16.5. The molecule has 7 heteroatoms. The molecular weight excluding hydrogens is 485 g/mol. The molecule has 2 aromatic carbocycles. The lowest BCUT2D eigenvalue weighted by Gasteiger charge is -2.51. The van der Waals surface area contributed by atoms with E-state index < -0.39 is 23.5 Å². The maximum atomic E-state index is 14.1. The summed E-state index contributed by atoms with van der Waals surface area (Å²) >= 11 is 12.5. The quantitative estimate of drug-likeness (QED) is 0.391. The zero-order valence-electron chi connectivity index (χ0n) is 20.6. The van der Waals surface area contributed by atoms with Crippen LogP contribution in [0.5, 0.6) is 0 Å². The number of Topliss-reactive ketones (excluding diaryl/α,β-unsaturated/α-hetero) is 1. The maximum absolute atomic E-state index is 14.1. The van der Waals surface area contributed by atoms with E-state index in [9.17, 15) is 19.5 Å². The number of piperidine rings is 1. The highest BCUT2D eigenvalue weighted by atomic mass is 35.5. The van der Waals surface area contributed by atoms with Gasteiger partial charge in [0.15, 0.2) is 5.78 Å². The van der Waals surface area contributed by atoms with Crippen molar-refractivity contribution in [1.29, 1.82) is 0 Å². The summed E-state index contributed by atoms with van der Waals surface area (Å²) in [5, 5.41) is 10.8. The van der Waals surface area contributed by atoms with Gasteiger partial charge in [-0.1, -0.05) is 75.2 Å². The van der Waals surface area contributed by atoms with Gasteiger partial charge in [-0.15, -0.1) is 0 Å². The van der Waals surface area contributed by atoms with Crippen LogP contribution in [0.2, 0.25) is 10.0 Å². The Balaban J connectivity index is 2.25. The third-order valence-corrected chi connectivity index (χ3v) is 7.32. The van der Waals surface area contributed by atoms with Crippen LogP contribution >= 0.6 is 23.2 Å². The van der Waals surface area contributed by atoms with E-state index in [2.05, 4.69) is 0 Å². The average molecular weight is 518 g/mol. The lowest BCUT2D eigenvalue weighted by molar-refractivity contribution is -0.162. The van der Waals surface area contributed by atoms with Crippen LogP contribution in [0, 0.1) is 11.3 Å². The Morgan fingerprint density at radius 3 is 2.29 bits per heavy atom. The molecule has 0 aromatic heterocycles. The number of nitrogens with zero attached hydrogens (tertiary/aromatic N) is 1. The topological polar surface area (TPSA) is 74.7 Å². The lowest BCUT2D eigenvalue weighted by atomic mass is 9.66. The van der Waals surface area contributed by atoms with Crippen LogP contribution in [0.4, 0.5) is 0 Å². The highest BCUT2D eigenvalue weighted by Crippen LogP contribution is 2.52. The van der Waals surface area contributed by atoms with Crippen LogP contribution in [-0.4, -0.2) is 33.7 Å². The number of rotatable bonds is 9. The van der Waals surface area contributed by atoms with Gasteiger partial charge < -0.3 is 10.0 Å². The molecule has 1 fully saturated rings. The summed E-state index contributed by atoms with van der Waals surface area (Å²) in [6.07, 6.45) is 0.776.